The Bertz CT molecular complexity index is 706. The second-order valence-electron chi connectivity index (χ2n) is 6.71. The molecule has 2 atom stereocenters. The van der Waals surface area contributed by atoms with Gasteiger partial charge in [0.1, 0.15) is 12.1 Å². The Labute approximate surface area is 152 Å². The molecule has 1 aliphatic heterocycles. The molecular formula is C18H24N4O2S. The number of piperidine rings is 1. The lowest BCUT2D eigenvalue weighted by atomic mass is 9.92. The van der Waals surface area contributed by atoms with Gasteiger partial charge in [0.15, 0.2) is 5.16 Å². The summed E-state index contributed by atoms with van der Waals surface area (Å²) >= 11 is 1.43. The van der Waals surface area contributed by atoms with Crippen molar-refractivity contribution in [3.63, 3.8) is 0 Å². The standard InChI is InChI=1S/C18H24N4O2S/c1-13-8-14(2)10-21(9-13)17(23)11-25-18-20-19-12-22(18)15-4-6-16(24-3)7-5-15/h4-7,12-14H,8-11H2,1-3H3. The minimum Gasteiger partial charge on any atom is -0.497 e. The number of thioether (sulfide) groups is 1. The van der Waals surface area contributed by atoms with E-state index < -0.39 is 0 Å². The van der Waals surface area contributed by atoms with E-state index in [2.05, 4.69) is 24.0 Å². The van der Waals surface area contributed by atoms with Crippen LogP contribution in [0.25, 0.3) is 5.69 Å². The summed E-state index contributed by atoms with van der Waals surface area (Å²) in [6, 6.07) is 7.68. The molecule has 0 bridgehead atoms. The number of rotatable bonds is 5. The van der Waals surface area contributed by atoms with E-state index in [1.165, 1.54) is 18.2 Å². The molecule has 0 saturated carbocycles. The van der Waals surface area contributed by atoms with Gasteiger partial charge in [0.05, 0.1) is 12.9 Å². The number of hydrogen-bond acceptors (Lipinski definition) is 5. The van der Waals surface area contributed by atoms with Crippen molar-refractivity contribution in [2.24, 2.45) is 11.8 Å². The second-order valence-corrected chi connectivity index (χ2v) is 7.66. The third kappa shape index (κ3) is 4.34. The predicted molar refractivity (Wildman–Crippen MR) is 98.2 cm³/mol. The van der Waals surface area contributed by atoms with Crippen LogP contribution < -0.4 is 4.74 Å². The quantitative estimate of drug-likeness (QED) is 0.768. The predicted octanol–water partition coefficient (Wildman–Crippen LogP) is 2.87. The van der Waals surface area contributed by atoms with E-state index in [1.54, 1.807) is 13.4 Å². The molecule has 1 aromatic carbocycles. The van der Waals surface area contributed by atoms with Crippen LogP contribution in [0.3, 0.4) is 0 Å². The second kappa shape index (κ2) is 7.91. The number of amides is 1. The third-order valence-electron chi connectivity index (χ3n) is 4.41. The number of likely N-dealkylation sites (tertiary alicyclic amines) is 1. The van der Waals surface area contributed by atoms with Gasteiger partial charge in [-0.2, -0.15) is 0 Å². The summed E-state index contributed by atoms with van der Waals surface area (Å²) < 4.78 is 7.07. The van der Waals surface area contributed by atoms with Crippen molar-refractivity contribution in [1.29, 1.82) is 0 Å². The normalized spacial score (nSPS) is 20.5. The first-order valence-corrected chi connectivity index (χ1v) is 9.50. The van der Waals surface area contributed by atoms with Crippen molar-refractivity contribution >= 4 is 17.7 Å². The molecule has 1 aromatic heterocycles. The van der Waals surface area contributed by atoms with Gasteiger partial charge >= 0.3 is 0 Å². The zero-order chi connectivity index (χ0) is 17.8. The topological polar surface area (TPSA) is 60.2 Å². The van der Waals surface area contributed by atoms with Crippen molar-refractivity contribution in [2.75, 3.05) is 26.0 Å². The minimum atomic E-state index is 0.174. The maximum atomic E-state index is 12.5. The summed E-state index contributed by atoms with van der Waals surface area (Å²) in [5, 5.41) is 8.87. The van der Waals surface area contributed by atoms with Crippen LogP contribution in [0.5, 0.6) is 5.75 Å². The Balaban J connectivity index is 1.64. The molecule has 1 aliphatic rings. The first-order chi connectivity index (χ1) is 12.1. The number of nitrogens with zero attached hydrogens (tertiary/aromatic N) is 4. The van der Waals surface area contributed by atoms with Crippen LogP contribution in [0.4, 0.5) is 0 Å². The molecule has 0 N–H and O–H groups in total. The average Bonchev–Trinajstić information content (AvgIpc) is 3.07. The van der Waals surface area contributed by atoms with Gasteiger partial charge in [-0.3, -0.25) is 9.36 Å². The molecule has 2 heterocycles. The van der Waals surface area contributed by atoms with Crippen LogP contribution in [0.2, 0.25) is 0 Å². The largest absolute Gasteiger partial charge is 0.497 e. The van der Waals surface area contributed by atoms with Crippen LogP contribution in [-0.4, -0.2) is 51.5 Å². The molecular weight excluding hydrogens is 336 g/mol. The minimum absolute atomic E-state index is 0.174. The van der Waals surface area contributed by atoms with Gasteiger partial charge in [-0.25, -0.2) is 0 Å². The summed E-state index contributed by atoms with van der Waals surface area (Å²) in [4.78, 5) is 14.5. The first kappa shape index (κ1) is 17.8. The van der Waals surface area contributed by atoms with E-state index in [0.29, 0.717) is 17.6 Å². The van der Waals surface area contributed by atoms with Crippen LogP contribution in [0.15, 0.2) is 35.7 Å². The van der Waals surface area contributed by atoms with Gasteiger partial charge in [-0.1, -0.05) is 25.6 Å². The van der Waals surface area contributed by atoms with Crippen molar-refractivity contribution in [3.05, 3.63) is 30.6 Å². The summed E-state index contributed by atoms with van der Waals surface area (Å²) in [6.45, 7) is 6.14. The SMILES string of the molecule is COc1ccc(-n2cnnc2SCC(=O)N2CC(C)CC(C)C2)cc1. The van der Waals surface area contributed by atoms with Crippen LogP contribution >= 0.6 is 11.8 Å². The van der Waals surface area contributed by atoms with E-state index in [1.807, 2.05) is 33.7 Å². The van der Waals surface area contributed by atoms with Crippen LogP contribution in [-0.2, 0) is 4.79 Å². The van der Waals surface area contributed by atoms with E-state index in [0.717, 1.165) is 29.7 Å². The van der Waals surface area contributed by atoms with Crippen molar-refractivity contribution in [1.82, 2.24) is 19.7 Å². The van der Waals surface area contributed by atoms with E-state index >= 15 is 0 Å². The molecule has 134 valence electrons. The number of carbonyl (C=O) groups is 1. The van der Waals surface area contributed by atoms with Gasteiger partial charge < -0.3 is 9.64 Å². The lowest BCUT2D eigenvalue weighted by Gasteiger charge is -2.34. The summed E-state index contributed by atoms with van der Waals surface area (Å²) in [5.74, 6) is 2.50. The molecule has 2 aromatic rings. The highest BCUT2D eigenvalue weighted by Gasteiger charge is 2.25. The lowest BCUT2D eigenvalue weighted by molar-refractivity contribution is -0.130. The molecule has 0 spiro atoms. The Morgan fingerprint density at radius 2 is 1.92 bits per heavy atom. The van der Waals surface area contributed by atoms with Crippen molar-refractivity contribution in [2.45, 2.75) is 25.4 Å². The Morgan fingerprint density at radius 3 is 2.56 bits per heavy atom. The zero-order valence-electron chi connectivity index (χ0n) is 14.9. The number of methoxy groups -OCH3 is 1. The monoisotopic (exact) mass is 360 g/mol. The molecule has 25 heavy (non-hydrogen) atoms. The fourth-order valence-corrected chi connectivity index (χ4v) is 4.16. The summed E-state index contributed by atoms with van der Waals surface area (Å²) in [7, 11) is 1.64. The molecule has 0 radical (unpaired) electrons. The van der Waals surface area contributed by atoms with E-state index in [4.69, 9.17) is 4.74 Å². The summed E-state index contributed by atoms with van der Waals surface area (Å²) in [6.07, 6.45) is 2.86. The maximum absolute atomic E-state index is 12.5. The Morgan fingerprint density at radius 1 is 1.24 bits per heavy atom. The van der Waals surface area contributed by atoms with Crippen LogP contribution in [0, 0.1) is 11.8 Å². The lowest BCUT2D eigenvalue weighted by Crippen LogP contribution is -2.43. The molecule has 1 saturated heterocycles. The molecule has 7 heteroatoms. The van der Waals surface area contributed by atoms with Gasteiger partial charge in [0.2, 0.25) is 5.91 Å². The van der Waals surface area contributed by atoms with Gasteiger partial charge in [0.25, 0.3) is 0 Å². The fourth-order valence-electron chi connectivity index (χ4n) is 3.33. The molecule has 1 amide bonds. The first-order valence-electron chi connectivity index (χ1n) is 8.52. The smallest absolute Gasteiger partial charge is 0.233 e. The number of benzene rings is 1. The van der Waals surface area contributed by atoms with E-state index in [-0.39, 0.29) is 5.91 Å². The summed E-state index contributed by atoms with van der Waals surface area (Å²) in [5.41, 5.74) is 0.945. The van der Waals surface area contributed by atoms with Crippen molar-refractivity contribution < 1.29 is 9.53 Å². The van der Waals surface area contributed by atoms with Gasteiger partial charge in [-0.05, 0) is 42.5 Å². The maximum Gasteiger partial charge on any atom is 0.233 e. The van der Waals surface area contributed by atoms with Gasteiger partial charge in [-0.15, -0.1) is 10.2 Å². The van der Waals surface area contributed by atoms with Crippen molar-refractivity contribution in [3.8, 4) is 11.4 Å². The Kier molecular flexibility index (Phi) is 5.63. The highest BCUT2D eigenvalue weighted by atomic mass is 32.2. The molecule has 0 aliphatic carbocycles. The molecule has 3 rings (SSSR count). The number of ether oxygens (including phenoxy) is 1. The number of carbonyl (C=O) groups excluding carboxylic acids is 1. The zero-order valence-corrected chi connectivity index (χ0v) is 15.7. The average molecular weight is 360 g/mol. The van der Waals surface area contributed by atoms with E-state index in [9.17, 15) is 4.79 Å². The fraction of sp³-hybridized carbons (Fsp3) is 0.500. The molecule has 6 nitrogen and oxygen atoms in total. The number of aromatic nitrogens is 3. The van der Waals surface area contributed by atoms with Crippen LogP contribution in [0.1, 0.15) is 20.3 Å². The molecule has 2 unspecified atom stereocenters. The number of hydrogen-bond donors (Lipinski definition) is 0. The third-order valence-corrected chi connectivity index (χ3v) is 5.34. The highest BCUT2D eigenvalue weighted by molar-refractivity contribution is 7.99. The Hall–Kier alpha value is -2.02. The van der Waals surface area contributed by atoms with Gasteiger partial charge in [0, 0.05) is 18.8 Å². The molecule has 1 fully saturated rings. The highest BCUT2D eigenvalue weighted by Crippen LogP contribution is 2.24.